The summed E-state index contributed by atoms with van der Waals surface area (Å²) in [5, 5.41) is 0. The van der Waals surface area contributed by atoms with Crippen molar-refractivity contribution in [3.63, 3.8) is 0 Å². The Hall–Kier alpha value is -1.31. The second kappa shape index (κ2) is 6.03. The Labute approximate surface area is 110 Å². The highest BCUT2D eigenvalue weighted by atomic mass is 16.2. The van der Waals surface area contributed by atoms with Crippen molar-refractivity contribution in [1.29, 1.82) is 0 Å². The molecule has 2 unspecified atom stereocenters. The van der Waals surface area contributed by atoms with Crippen molar-refractivity contribution in [2.45, 2.75) is 45.6 Å². The molecular weight excluding hydrogens is 222 g/mol. The standard InChI is InChI=1S/C16H23NO/c1-3-15-10-7-11-17(15)16(18)13(2)12-14-8-5-4-6-9-14/h4-6,8-9,13,15H,3,7,10-12H2,1-2H3. The number of hydrogen-bond donors (Lipinski definition) is 0. The van der Waals surface area contributed by atoms with Gasteiger partial charge in [0, 0.05) is 18.5 Å². The van der Waals surface area contributed by atoms with Crippen LogP contribution in [-0.2, 0) is 11.2 Å². The third kappa shape index (κ3) is 2.92. The Bertz CT molecular complexity index is 387. The van der Waals surface area contributed by atoms with Crippen molar-refractivity contribution in [2.24, 2.45) is 5.92 Å². The van der Waals surface area contributed by atoms with Gasteiger partial charge in [0.25, 0.3) is 0 Å². The van der Waals surface area contributed by atoms with Crippen LogP contribution in [0.25, 0.3) is 0 Å². The average molecular weight is 245 g/mol. The molecule has 2 heteroatoms. The van der Waals surface area contributed by atoms with E-state index in [2.05, 4.69) is 30.9 Å². The highest BCUT2D eigenvalue weighted by molar-refractivity contribution is 5.79. The molecule has 98 valence electrons. The van der Waals surface area contributed by atoms with Gasteiger partial charge in [0.05, 0.1) is 0 Å². The lowest BCUT2D eigenvalue weighted by Gasteiger charge is -2.26. The average Bonchev–Trinajstić information content (AvgIpc) is 2.87. The van der Waals surface area contributed by atoms with Crippen LogP contribution in [0.3, 0.4) is 0 Å². The molecule has 1 aromatic carbocycles. The van der Waals surface area contributed by atoms with Gasteiger partial charge < -0.3 is 4.90 Å². The molecule has 0 aliphatic carbocycles. The summed E-state index contributed by atoms with van der Waals surface area (Å²) in [5.41, 5.74) is 1.26. The van der Waals surface area contributed by atoms with Crippen LogP contribution in [0.5, 0.6) is 0 Å². The predicted molar refractivity (Wildman–Crippen MR) is 74.3 cm³/mol. The van der Waals surface area contributed by atoms with Crippen LogP contribution in [0.1, 0.15) is 38.7 Å². The summed E-state index contributed by atoms with van der Waals surface area (Å²) in [6, 6.07) is 10.8. The molecule has 0 radical (unpaired) electrons. The number of carbonyl (C=O) groups is 1. The minimum Gasteiger partial charge on any atom is -0.339 e. The van der Waals surface area contributed by atoms with E-state index in [1.165, 1.54) is 18.4 Å². The van der Waals surface area contributed by atoms with Gasteiger partial charge in [0.15, 0.2) is 0 Å². The van der Waals surface area contributed by atoms with Crippen LogP contribution in [-0.4, -0.2) is 23.4 Å². The quantitative estimate of drug-likeness (QED) is 0.797. The van der Waals surface area contributed by atoms with E-state index in [4.69, 9.17) is 0 Å². The molecule has 0 bridgehead atoms. The number of rotatable bonds is 4. The van der Waals surface area contributed by atoms with E-state index in [0.29, 0.717) is 11.9 Å². The van der Waals surface area contributed by atoms with Crippen LogP contribution < -0.4 is 0 Å². The fraction of sp³-hybridized carbons (Fsp3) is 0.562. The minimum atomic E-state index is 0.0968. The van der Waals surface area contributed by atoms with E-state index in [1.54, 1.807) is 0 Å². The summed E-state index contributed by atoms with van der Waals surface area (Å²) in [6.07, 6.45) is 4.29. The van der Waals surface area contributed by atoms with Crippen molar-refractivity contribution >= 4 is 5.91 Å². The molecule has 0 saturated carbocycles. The number of benzene rings is 1. The third-order valence-electron chi connectivity index (χ3n) is 3.94. The molecule has 0 aromatic heterocycles. The molecule has 1 amide bonds. The molecule has 18 heavy (non-hydrogen) atoms. The van der Waals surface area contributed by atoms with Crippen molar-refractivity contribution in [3.05, 3.63) is 35.9 Å². The summed E-state index contributed by atoms with van der Waals surface area (Å²) >= 11 is 0. The first-order valence-electron chi connectivity index (χ1n) is 7.06. The van der Waals surface area contributed by atoms with Gasteiger partial charge in [0.2, 0.25) is 5.91 Å². The zero-order valence-corrected chi connectivity index (χ0v) is 11.4. The van der Waals surface area contributed by atoms with E-state index >= 15 is 0 Å². The van der Waals surface area contributed by atoms with Crippen LogP contribution in [0.4, 0.5) is 0 Å². The van der Waals surface area contributed by atoms with Crippen LogP contribution in [0.2, 0.25) is 0 Å². The zero-order chi connectivity index (χ0) is 13.0. The molecule has 1 aromatic rings. The van der Waals surface area contributed by atoms with E-state index in [9.17, 15) is 4.79 Å². The smallest absolute Gasteiger partial charge is 0.225 e. The molecule has 2 nitrogen and oxygen atoms in total. The Kier molecular flexibility index (Phi) is 4.40. The molecule has 1 fully saturated rings. The Balaban J connectivity index is 1.96. The number of carbonyl (C=O) groups excluding carboxylic acids is 1. The molecule has 0 N–H and O–H groups in total. The fourth-order valence-electron chi connectivity index (χ4n) is 2.89. The Morgan fingerprint density at radius 2 is 2.11 bits per heavy atom. The van der Waals surface area contributed by atoms with Crippen molar-refractivity contribution in [2.75, 3.05) is 6.54 Å². The molecule has 0 spiro atoms. The lowest BCUT2D eigenvalue weighted by molar-refractivity contribution is -0.135. The summed E-state index contributed by atoms with van der Waals surface area (Å²) in [5.74, 6) is 0.433. The van der Waals surface area contributed by atoms with Gasteiger partial charge in [-0.05, 0) is 31.2 Å². The maximum Gasteiger partial charge on any atom is 0.225 e. The van der Waals surface area contributed by atoms with E-state index < -0.39 is 0 Å². The maximum absolute atomic E-state index is 12.4. The number of nitrogens with zero attached hydrogens (tertiary/aromatic N) is 1. The first-order chi connectivity index (χ1) is 8.72. The lowest BCUT2D eigenvalue weighted by Crippen LogP contribution is -2.39. The van der Waals surface area contributed by atoms with E-state index in [0.717, 1.165) is 19.4 Å². The normalized spacial score (nSPS) is 21.0. The van der Waals surface area contributed by atoms with Gasteiger partial charge in [-0.3, -0.25) is 4.79 Å². The van der Waals surface area contributed by atoms with Gasteiger partial charge in [-0.15, -0.1) is 0 Å². The summed E-state index contributed by atoms with van der Waals surface area (Å²) in [7, 11) is 0. The monoisotopic (exact) mass is 245 g/mol. The van der Waals surface area contributed by atoms with E-state index in [1.807, 2.05) is 18.2 Å². The number of hydrogen-bond acceptors (Lipinski definition) is 1. The Morgan fingerprint density at radius 1 is 1.39 bits per heavy atom. The van der Waals surface area contributed by atoms with Crippen LogP contribution in [0, 0.1) is 5.92 Å². The number of likely N-dealkylation sites (tertiary alicyclic amines) is 1. The number of amides is 1. The summed E-state index contributed by atoms with van der Waals surface area (Å²) in [4.78, 5) is 14.5. The van der Waals surface area contributed by atoms with Gasteiger partial charge in [-0.2, -0.15) is 0 Å². The summed E-state index contributed by atoms with van der Waals surface area (Å²) < 4.78 is 0. The minimum absolute atomic E-state index is 0.0968. The molecule has 1 aliphatic heterocycles. The van der Waals surface area contributed by atoms with Crippen LogP contribution in [0.15, 0.2) is 30.3 Å². The topological polar surface area (TPSA) is 20.3 Å². The second-order valence-corrected chi connectivity index (χ2v) is 5.33. The van der Waals surface area contributed by atoms with E-state index in [-0.39, 0.29) is 5.92 Å². The highest BCUT2D eigenvalue weighted by Crippen LogP contribution is 2.23. The predicted octanol–water partition coefficient (Wildman–Crippen LogP) is 3.27. The molecule has 1 saturated heterocycles. The van der Waals surface area contributed by atoms with Crippen molar-refractivity contribution in [3.8, 4) is 0 Å². The third-order valence-corrected chi connectivity index (χ3v) is 3.94. The first-order valence-corrected chi connectivity index (χ1v) is 7.06. The van der Waals surface area contributed by atoms with Crippen molar-refractivity contribution < 1.29 is 4.79 Å². The van der Waals surface area contributed by atoms with Gasteiger partial charge in [-0.25, -0.2) is 0 Å². The van der Waals surface area contributed by atoms with Gasteiger partial charge >= 0.3 is 0 Å². The molecule has 2 atom stereocenters. The van der Waals surface area contributed by atoms with Crippen molar-refractivity contribution in [1.82, 2.24) is 4.90 Å². The maximum atomic E-state index is 12.4. The fourth-order valence-corrected chi connectivity index (χ4v) is 2.89. The molecule has 1 heterocycles. The Morgan fingerprint density at radius 3 is 2.78 bits per heavy atom. The SMILES string of the molecule is CCC1CCCN1C(=O)C(C)Cc1ccccc1. The zero-order valence-electron chi connectivity index (χ0n) is 11.4. The largest absolute Gasteiger partial charge is 0.339 e. The highest BCUT2D eigenvalue weighted by Gasteiger charge is 2.29. The molecule has 2 rings (SSSR count). The second-order valence-electron chi connectivity index (χ2n) is 5.33. The first kappa shape index (κ1) is 13.1. The van der Waals surface area contributed by atoms with Gasteiger partial charge in [-0.1, -0.05) is 44.2 Å². The molecule has 1 aliphatic rings. The van der Waals surface area contributed by atoms with Crippen LogP contribution >= 0.6 is 0 Å². The molecular formula is C16H23NO. The lowest BCUT2D eigenvalue weighted by atomic mass is 9.99. The van der Waals surface area contributed by atoms with Gasteiger partial charge in [0.1, 0.15) is 0 Å². The summed E-state index contributed by atoms with van der Waals surface area (Å²) in [6.45, 7) is 5.19.